The van der Waals surface area contributed by atoms with Crippen LogP contribution in [0.1, 0.15) is 33.6 Å². The second-order valence-electron chi connectivity index (χ2n) is 8.00. The Labute approximate surface area is 175 Å². The van der Waals surface area contributed by atoms with E-state index in [1.54, 1.807) is 6.07 Å². The molecule has 1 saturated heterocycles. The van der Waals surface area contributed by atoms with Crippen molar-refractivity contribution in [1.82, 2.24) is 10.2 Å². The predicted octanol–water partition coefficient (Wildman–Crippen LogP) is 2.19. The van der Waals surface area contributed by atoms with Crippen LogP contribution >= 0.6 is 11.8 Å². The first-order chi connectivity index (χ1) is 13.6. The fourth-order valence-corrected chi connectivity index (χ4v) is 3.69. The number of alkyl carbamates (subject to hydrolysis) is 1. The van der Waals surface area contributed by atoms with E-state index >= 15 is 0 Å². The Morgan fingerprint density at radius 3 is 2.48 bits per heavy atom. The molecule has 0 aromatic heterocycles. The molecule has 0 bridgehead atoms. The quantitative estimate of drug-likeness (QED) is 0.581. The van der Waals surface area contributed by atoms with E-state index in [1.807, 2.05) is 39.0 Å². The second kappa shape index (κ2) is 10.5. The van der Waals surface area contributed by atoms with Crippen LogP contribution < -0.4 is 16.4 Å². The highest BCUT2D eigenvalue weighted by atomic mass is 32.2. The van der Waals surface area contributed by atoms with Crippen LogP contribution in [0.2, 0.25) is 0 Å². The third kappa shape index (κ3) is 8.74. The third-order valence-electron chi connectivity index (χ3n) is 4.21. The standard InChI is InChI=1S/C20H30N4O4S/c1-20(2,3)28-19(27)22-14-8-10-24(11-9-14)12-18(26)23-15-6-4-5-7-16(15)29-13-17(21)25/h4-7,14H,8-13H2,1-3H3,(H2,21,25)(H,22,27)(H,23,26). The van der Waals surface area contributed by atoms with Gasteiger partial charge in [-0.2, -0.15) is 0 Å². The normalized spacial score (nSPS) is 15.6. The van der Waals surface area contributed by atoms with Crippen LogP contribution in [0.4, 0.5) is 10.5 Å². The monoisotopic (exact) mass is 422 g/mol. The number of nitrogens with zero attached hydrogens (tertiary/aromatic N) is 1. The molecular formula is C20H30N4O4S. The summed E-state index contributed by atoms with van der Waals surface area (Å²) in [6.45, 7) is 7.20. The Kier molecular flexibility index (Phi) is 8.33. The van der Waals surface area contributed by atoms with E-state index < -0.39 is 17.6 Å². The molecule has 1 aromatic rings. The van der Waals surface area contributed by atoms with Gasteiger partial charge in [0.2, 0.25) is 11.8 Å². The van der Waals surface area contributed by atoms with Crippen LogP contribution in [0.25, 0.3) is 0 Å². The van der Waals surface area contributed by atoms with Gasteiger partial charge in [0.1, 0.15) is 5.60 Å². The van der Waals surface area contributed by atoms with E-state index in [0.29, 0.717) is 18.8 Å². The summed E-state index contributed by atoms with van der Waals surface area (Å²) in [6.07, 6.45) is 1.12. The SMILES string of the molecule is CC(C)(C)OC(=O)NC1CCN(CC(=O)Nc2ccccc2SCC(N)=O)CC1. The number of hydrogen-bond donors (Lipinski definition) is 3. The molecule has 3 amide bonds. The second-order valence-corrected chi connectivity index (χ2v) is 9.01. The van der Waals surface area contributed by atoms with Crippen molar-refractivity contribution in [2.75, 3.05) is 30.7 Å². The molecule has 0 unspecified atom stereocenters. The lowest BCUT2D eigenvalue weighted by molar-refractivity contribution is -0.117. The highest BCUT2D eigenvalue weighted by molar-refractivity contribution is 8.00. The van der Waals surface area contributed by atoms with Gasteiger partial charge in [0.05, 0.1) is 18.0 Å². The van der Waals surface area contributed by atoms with Crippen molar-refractivity contribution >= 4 is 35.4 Å². The zero-order chi connectivity index (χ0) is 21.4. The first-order valence-electron chi connectivity index (χ1n) is 9.64. The molecule has 1 aliphatic rings. The highest BCUT2D eigenvalue weighted by Gasteiger charge is 2.24. The van der Waals surface area contributed by atoms with Crippen molar-refractivity contribution in [3.63, 3.8) is 0 Å². The molecular weight excluding hydrogens is 392 g/mol. The topological polar surface area (TPSA) is 114 Å². The number of thioether (sulfide) groups is 1. The number of para-hydroxylation sites is 1. The summed E-state index contributed by atoms with van der Waals surface area (Å²) in [6, 6.07) is 7.38. The number of nitrogens with two attached hydrogens (primary N) is 1. The number of benzene rings is 1. The zero-order valence-corrected chi connectivity index (χ0v) is 18.0. The van der Waals surface area contributed by atoms with E-state index in [9.17, 15) is 14.4 Å². The number of hydrogen-bond acceptors (Lipinski definition) is 6. The minimum Gasteiger partial charge on any atom is -0.444 e. The van der Waals surface area contributed by atoms with E-state index in [-0.39, 0.29) is 24.2 Å². The maximum atomic E-state index is 12.4. The molecule has 1 fully saturated rings. The number of likely N-dealkylation sites (tertiary alicyclic amines) is 1. The largest absolute Gasteiger partial charge is 0.444 e. The average Bonchev–Trinajstić information content (AvgIpc) is 2.61. The minimum absolute atomic E-state index is 0.0510. The van der Waals surface area contributed by atoms with Gasteiger partial charge in [0, 0.05) is 24.0 Å². The fourth-order valence-electron chi connectivity index (χ4n) is 2.95. The molecule has 1 aliphatic heterocycles. The molecule has 4 N–H and O–H groups in total. The number of nitrogens with one attached hydrogen (secondary N) is 2. The Morgan fingerprint density at radius 2 is 1.86 bits per heavy atom. The molecule has 29 heavy (non-hydrogen) atoms. The van der Waals surface area contributed by atoms with Gasteiger partial charge in [0.25, 0.3) is 0 Å². The van der Waals surface area contributed by atoms with E-state index in [1.165, 1.54) is 11.8 Å². The summed E-state index contributed by atoms with van der Waals surface area (Å²) >= 11 is 1.30. The lowest BCUT2D eigenvalue weighted by Gasteiger charge is -2.32. The first-order valence-corrected chi connectivity index (χ1v) is 10.6. The van der Waals surface area contributed by atoms with Gasteiger partial charge in [-0.3, -0.25) is 14.5 Å². The molecule has 0 spiro atoms. The summed E-state index contributed by atoms with van der Waals surface area (Å²) in [5, 5.41) is 5.80. The van der Waals surface area contributed by atoms with Gasteiger partial charge in [-0.05, 0) is 45.7 Å². The molecule has 160 valence electrons. The van der Waals surface area contributed by atoms with Gasteiger partial charge in [-0.1, -0.05) is 12.1 Å². The lowest BCUT2D eigenvalue weighted by Crippen LogP contribution is -2.47. The summed E-state index contributed by atoms with van der Waals surface area (Å²) in [5.74, 6) is -0.361. The molecule has 1 heterocycles. The van der Waals surface area contributed by atoms with Crippen LogP contribution in [-0.4, -0.2) is 59.8 Å². The van der Waals surface area contributed by atoms with Crippen LogP contribution in [0.3, 0.4) is 0 Å². The molecule has 0 radical (unpaired) electrons. The van der Waals surface area contributed by atoms with Crippen molar-refractivity contribution in [2.45, 2.75) is 50.2 Å². The zero-order valence-electron chi connectivity index (χ0n) is 17.2. The third-order valence-corrected chi connectivity index (χ3v) is 5.30. The maximum Gasteiger partial charge on any atom is 0.407 e. The number of carbonyl (C=O) groups is 3. The number of piperidine rings is 1. The number of carbonyl (C=O) groups excluding carboxylic acids is 3. The molecule has 8 nitrogen and oxygen atoms in total. The van der Waals surface area contributed by atoms with E-state index in [0.717, 1.165) is 17.7 Å². The lowest BCUT2D eigenvalue weighted by atomic mass is 10.1. The number of anilines is 1. The number of amides is 3. The molecule has 2 rings (SSSR count). The summed E-state index contributed by atoms with van der Waals surface area (Å²) in [5.41, 5.74) is 5.35. The van der Waals surface area contributed by atoms with Gasteiger partial charge >= 0.3 is 6.09 Å². The number of ether oxygens (including phenoxy) is 1. The number of primary amides is 1. The van der Waals surface area contributed by atoms with Gasteiger partial charge < -0.3 is 21.1 Å². The fraction of sp³-hybridized carbons (Fsp3) is 0.550. The molecule has 0 saturated carbocycles. The van der Waals surface area contributed by atoms with Gasteiger partial charge in [0.15, 0.2) is 0 Å². The Hall–Kier alpha value is -2.26. The van der Waals surface area contributed by atoms with Crippen LogP contribution in [0, 0.1) is 0 Å². The molecule has 0 aliphatic carbocycles. The average molecular weight is 423 g/mol. The van der Waals surface area contributed by atoms with Gasteiger partial charge in [-0.25, -0.2) is 4.79 Å². The Balaban J connectivity index is 1.77. The van der Waals surface area contributed by atoms with Crippen LogP contribution in [-0.2, 0) is 14.3 Å². The predicted molar refractivity (Wildman–Crippen MR) is 114 cm³/mol. The minimum atomic E-state index is -0.519. The Morgan fingerprint density at radius 1 is 1.21 bits per heavy atom. The highest BCUT2D eigenvalue weighted by Crippen LogP contribution is 2.26. The van der Waals surface area contributed by atoms with Crippen molar-refractivity contribution in [3.8, 4) is 0 Å². The maximum absolute atomic E-state index is 12.4. The summed E-state index contributed by atoms with van der Waals surface area (Å²) in [4.78, 5) is 38.2. The molecule has 9 heteroatoms. The van der Waals surface area contributed by atoms with Crippen molar-refractivity contribution < 1.29 is 19.1 Å². The number of rotatable bonds is 7. The van der Waals surface area contributed by atoms with Crippen LogP contribution in [0.15, 0.2) is 29.2 Å². The van der Waals surface area contributed by atoms with Crippen molar-refractivity contribution in [2.24, 2.45) is 5.73 Å². The van der Waals surface area contributed by atoms with Crippen molar-refractivity contribution in [1.29, 1.82) is 0 Å². The molecule has 1 aromatic carbocycles. The van der Waals surface area contributed by atoms with Crippen LogP contribution in [0.5, 0.6) is 0 Å². The van der Waals surface area contributed by atoms with Gasteiger partial charge in [-0.15, -0.1) is 11.8 Å². The smallest absolute Gasteiger partial charge is 0.407 e. The summed E-state index contributed by atoms with van der Waals surface area (Å²) < 4.78 is 5.29. The van der Waals surface area contributed by atoms with E-state index in [4.69, 9.17) is 10.5 Å². The molecule has 0 atom stereocenters. The Bertz CT molecular complexity index is 727. The first kappa shape index (κ1) is 23.0. The van der Waals surface area contributed by atoms with Crippen molar-refractivity contribution in [3.05, 3.63) is 24.3 Å². The summed E-state index contributed by atoms with van der Waals surface area (Å²) in [7, 11) is 0. The van der Waals surface area contributed by atoms with E-state index in [2.05, 4.69) is 15.5 Å².